The summed E-state index contributed by atoms with van der Waals surface area (Å²) in [6.07, 6.45) is 0.757. The molecular formula is C24H24Cl2N2O3S2. The predicted octanol–water partition coefficient (Wildman–Crippen LogP) is 5.63. The van der Waals surface area contributed by atoms with Crippen LogP contribution in [0.15, 0.2) is 83.8 Å². The van der Waals surface area contributed by atoms with Crippen molar-refractivity contribution < 1.29 is 13.2 Å². The summed E-state index contributed by atoms with van der Waals surface area (Å²) in [6, 6.07) is 22.1. The number of nitrogens with zero attached hydrogens (tertiary/aromatic N) is 1. The molecule has 0 unspecified atom stereocenters. The van der Waals surface area contributed by atoms with Crippen molar-refractivity contribution >= 4 is 56.6 Å². The number of amides is 1. The zero-order valence-corrected chi connectivity index (χ0v) is 20.9. The summed E-state index contributed by atoms with van der Waals surface area (Å²) in [5, 5.41) is 4.05. The number of carbonyl (C=O) groups is 1. The third-order valence-electron chi connectivity index (χ3n) is 4.74. The van der Waals surface area contributed by atoms with Crippen molar-refractivity contribution in [2.45, 2.75) is 17.1 Å². The lowest BCUT2D eigenvalue weighted by Crippen LogP contribution is -2.41. The van der Waals surface area contributed by atoms with Crippen molar-refractivity contribution in [3.05, 3.63) is 94.5 Å². The molecule has 0 heterocycles. The van der Waals surface area contributed by atoms with E-state index in [1.165, 1.54) is 12.1 Å². The Kier molecular flexibility index (Phi) is 9.50. The summed E-state index contributed by atoms with van der Waals surface area (Å²) in [6.45, 7) is 0.125. The van der Waals surface area contributed by atoms with Gasteiger partial charge in [0.15, 0.2) is 0 Å². The van der Waals surface area contributed by atoms with Crippen molar-refractivity contribution in [3.63, 3.8) is 0 Å². The van der Waals surface area contributed by atoms with E-state index < -0.39 is 10.0 Å². The zero-order chi connectivity index (χ0) is 23.7. The molecule has 3 rings (SSSR count). The van der Waals surface area contributed by atoms with Crippen LogP contribution in [0.2, 0.25) is 10.0 Å². The first-order valence-electron chi connectivity index (χ1n) is 10.3. The highest BCUT2D eigenvalue weighted by Gasteiger charge is 2.26. The highest BCUT2D eigenvalue weighted by molar-refractivity contribution is 7.98. The number of sulfonamides is 1. The number of hydrogen-bond acceptors (Lipinski definition) is 4. The van der Waals surface area contributed by atoms with Gasteiger partial charge < -0.3 is 5.32 Å². The summed E-state index contributed by atoms with van der Waals surface area (Å²) in [5.41, 5.74) is 1.45. The number of carbonyl (C=O) groups excluding carboxylic acids is 1. The Morgan fingerprint density at radius 3 is 2.27 bits per heavy atom. The maximum absolute atomic E-state index is 13.2. The van der Waals surface area contributed by atoms with E-state index >= 15 is 0 Å². The van der Waals surface area contributed by atoms with Crippen LogP contribution in [0.1, 0.15) is 12.0 Å². The largest absolute Gasteiger partial charge is 0.354 e. The first-order chi connectivity index (χ1) is 15.9. The van der Waals surface area contributed by atoms with Crippen LogP contribution < -0.4 is 9.62 Å². The summed E-state index contributed by atoms with van der Waals surface area (Å²) >= 11 is 13.8. The molecule has 9 heteroatoms. The molecule has 5 nitrogen and oxygen atoms in total. The number of benzene rings is 3. The van der Waals surface area contributed by atoms with Crippen LogP contribution in [0.5, 0.6) is 0 Å². The van der Waals surface area contributed by atoms with E-state index in [1.807, 2.05) is 24.3 Å². The minimum absolute atomic E-state index is 0.115. The van der Waals surface area contributed by atoms with Gasteiger partial charge in [-0.2, -0.15) is 11.8 Å². The van der Waals surface area contributed by atoms with Crippen molar-refractivity contribution in [2.75, 3.05) is 23.1 Å². The Morgan fingerprint density at radius 2 is 1.58 bits per heavy atom. The van der Waals surface area contributed by atoms with Gasteiger partial charge in [-0.1, -0.05) is 59.6 Å². The molecule has 0 bridgehead atoms. The lowest BCUT2D eigenvalue weighted by molar-refractivity contribution is -0.119. The Bertz CT molecular complexity index is 1160. The maximum Gasteiger partial charge on any atom is 0.264 e. The minimum atomic E-state index is -3.92. The number of nitrogens with one attached hydrogen (secondary N) is 1. The molecule has 0 saturated carbocycles. The van der Waals surface area contributed by atoms with Crippen molar-refractivity contribution in [2.24, 2.45) is 0 Å². The van der Waals surface area contributed by atoms with Crippen LogP contribution in [0.4, 0.5) is 5.69 Å². The first-order valence-corrected chi connectivity index (χ1v) is 13.6. The SMILES string of the molecule is O=C(CN(c1ccc(Cl)cc1)S(=O)(=O)c1ccccc1)NCCCSCc1ccccc1Cl. The maximum atomic E-state index is 13.2. The molecular weight excluding hydrogens is 499 g/mol. The highest BCUT2D eigenvalue weighted by Crippen LogP contribution is 2.25. The molecule has 174 valence electrons. The zero-order valence-electron chi connectivity index (χ0n) is 17.8. The Hall–Kier alpha value is -2.19. The molecule has 0 spiro atoms. The Balaban J connectivity index is 1.56. The van der Waals surface area contributed by atoms with E-state index in [0.29, 0.717) is 17.3 Å². The molecule has 0 saturated heterocycles. The summed E-state index contributed by atoms with van der Waals surface area (Å²) < 4.78 is 27.6. The fourth-order valence-electron chi connectivity index (χ4n) is 3.03. The minimum Gasteiger partial charge on any atom is -0.354 e. The topological polar surface area (TPSA) is 66.5 Å². The summed E-state index contributed by atoms with van der Waals surface area (Å²) in [7, 11) is -3.92. The van der Waals surface area contributed by atoms with E-state index in [2.05, 4.69) is 5.32 Å². The number of thioether (sulfide) groups is 1. The average Bonchev–Trinajstić information content (AvgIpc) is 2.82. The van der Waals surface area contributed by atoms with Gasteiger partial charge in [-0.3, -0.25) is 9.10 Å². The molecule has 3 aromatic rings. The lowest BCUT2D eigenvalue weighted by atomic mass is 10.2. The third kappa shape index (κ3) is 7.40. The smallest absolute Gasteiger partial charge is 0.264 e. The van der Waals surface area contributed by atoms with Gasteiger partial charge in [-0.15, -0.1) is 0 Å². The molecule has 0 atom stereocenters. The monoisotopic (exact) mass is 522 g/mol. The van der Waals surface area contributed by atoms with Gasteiger partial charge in [0.2, 0.25) is 5.91 Å². The van der Waals surface area contributed by atoms with Gasteiger partial charge in [-0.25, -0.2) is 8.42 Å². The lowest BCUT2D eigenvalue weighted by Gasteiger charge is -2.24. The normalized spacial score (nSPS) is 11.2. The molecule has 0 aliphatic rings. The molecule has 3 aromatic carbocycles. The van der Waals surface area contributed by atoms with Crippen LogP contribution in [-0.2, 0) is 20.6 Å². The van der Waals surface area contributed by atoms with Crippen molar-refractivity contribution in [1.82, 2.24) is 5.32 Å². The second kappa shape index (κ2) is 12.3. The quantitative estimate of drug-likeness (QED) is 0.331. The van der Waals surface area contributed by atoms with Gasteiger partial charge >= 0.3 is 0 Å². The molecule has 1 amide bonds. The van der Waals surface area contributed by atoms with Crippen LogP contribution >= 0.6 is 35.0 Å². The number of hydrogen-bond donors (Lipinski definition) is 1. The van der Waals surface area contributed by atoms with Crippen molar-refractivity contribution in [3.8, 4) is 0 Å². The Labute approximate surface area is 209 Å². The van der Waals surface area contributed by atoms with E-state index in [0.717, 1.165) is 32.8 Å². The van der Waals surface area contributed by atoms with E-state index in [1.54, 1.807) is 54.2 Å². The fourth-order valence-corrected chi connectivity index (χ4v) is 5.84. The second-order valence-corrected chi connectivity index (χ2v) is 11.0. The van der Waals surface area contributed by atoms with Crippen LogP contribution in [-0.4, -0.2) is 33.2 Å². The van der Waals surface area contributed by atoms with Crippen molar-refractivity contribution in [1.29, 1.82) is 0 Å². The average molecular weight is 524 g/mol. The fraction of sp³-hybridized carbons (Fsp3) is 0.208. The molecule has 33 heavy (non-hydrogen) atoms. The molecule has 0 aliphatic carbocycles. The van der Waals surface area contributed by atoms with Crippen LogP contribution in [0, 0.1) is 0 Å². The standard InChI is InChI=1S/C24H24Cl2N2O3S2/c25-20-11-13-21(14-12-20)28(33(30,31)22-8-2-1-3-9-22)17-24(29)27-15-6-16-32-18-19-7-4-5-10-23(19)26/h1-5,7-14H,6,15-18H2,(H,27,29). The molecule has 0 radical (unpaired) electrons. The first kappa shape index (κ1) is 25.4. The Morgan fingerprint density at radius 1 is 0.909 bits per heavy atom. The number of anilines is 1. The number of rotatable bonds is 11. The number of halogens is 2. The van der Waals surface area contributed by atoms with Crippen LogP contribution in [0.25, 0.3) is 0 Å². The van der Waals surface area contributed by atoms with Gasteiger partial charge in [0.05, 0.1) is 10.6 Å². The van der Waals surface area contributed by atoms with E-state index in [9.17, 15) is 13.2 Å². The molecule has 0 aromatic heterocycles. The summed E-state index contributed by atoms with van der Waals surface area (Å²) in [4.78, 5) is 12.7. The van der Waals surface area contributed by atoms with Gasteiger partial charge in [0.1, 0.15) is 6.54 Å². The molecule has 1 N–H and O–H groups in total. The molecule has 0 fully saturated rings. The second-order valence-electron chi connectivity index (χ2n) is 7.15. The third-order valence-corrected chi connectivity index (χ3v) is 8.24. The van der Waals surface area contributed by atoms with E-state index in [-0.39, 0.29) is 17.3 Å². The predicted molar refractivity (Wildman–Crippen MR) is 138 cm³/mol. The van der Waals surface area contributed by atoms with E-state index in [4.69, 9.17) is 23.2 Å². The van der Waals surface area contributed by atoms with Crippen LogP contribution in [0.3, 0.4) is 0 Å². The highest BCUT2D eigenvalue weighted by atomic mass is 35.5. The van der Waals surface area contributed by atoms with Gasteiger partial charge in [0.25, 0.3) is 10.0 Å². The van der Waals surface area contributed by atoms with Gasteiger partial charge in [0, 0.05) is 22.3 Å². The summed E-state index contributed by atoms with van der Waals surface area (Å²) in [5.74, 6) is 1.27. The van der Waals surface area contributed by atoms with Gasteiger partial charge in [-0.05, 0) is 60.2 Å². The molecule has 0 aliphatic heterocycles.